The molecule has 0 spiro atoms. The van der Waals surface area contributed by atoms with Gasteiger partial charge in [-0.15, -0.1) is 0 Å². The number of imidazole rings is 1. The van der Waals surface area contributed by atoms with Crippen molar-refractivity contribution < 1.29 is 36.2 Å². The standard InChI is InChI=1S/C21H21F2N3O6S/c1-30-17-7-6-14(12-18(17)33(28,29)25-8-10-31-11-9-25)20(27)32-13-19-24-15-4-2-3-5-16(15)26(19)21(22)23/h2-7,12,21H,8-11,13H2,1H3. The smallest absolute Gasteiger partial charge is 0.338 e. The van der Waals surface area contributed by atoms with Crippen molar-refractivity contribution >= 4 is 27.0 Å². The molecule has 176 valence electrons. The molecule has 4 rings (SSSR count). The van der Waals surface area contributed by atoms with E-state index in [2.05, 4.69) is 4.98 Å². The van der Waals surface area contributed by atoms with Gasteiger partial charge >= 0.3 is 12.5 Å². The molecule has 1 fully saturated rings. The number of fused-ring (bicyclic) bond motifs is 1. The van der Waals surface area contributed by atoms with Crippen LogP contribution in [0.1, 0.15) is 22.7 Å². The quantitative estimate of drug-likeness (QED) is 0.479. The Morgan fingerprint density at radius 3 is 2.61 bits per heavy atom. The molecule has 0 saturated carbocycles. The highest BCUT2D eigenvalue weighted by Gasteiger charge is 2.30. The van der Waals surface area contributed by atoms with Crippen LogP contribution in [0.25, 0.3) is 11.0 Å². The third kappa shape index (κ3) is 4.54. The molecule has 3 aromatic rings. The summed E-state index contributed by atoms with van der Waals surface area (Å²) in [6, 6.07) is 10.2. The van der Waals surface area contributed by atoms with Crippen LogP contribution in [0.4, 0.5) is 8.78 Å². The fraction of sp³-hybridized carbons (Fsp3) is 0.333. The van der Waals surface area contributed by atoms with Crippen LogP contribution in [-0.4, -0.2) is 61.7 Å². The van der Waals surface area contributed by atoms with E-state index in [0.29, 0.717) is 10.1 Å². The first-order chi connectivity index (χ1) is 15.8. The Morgan fingerprint density at radius 2 is 1.91 bits per heavy atom. The maximum absolute atomic E-state index is 13.6. The Kier molecular flexibility index (Phi) is 6.58. The number of para-hydroxylation sites is 2. The molecule has 1 aliphatic rings. The summed E-state index contributed by atoms with van der Waals surface area (Å²) in [7, 11) is -2.64. The molecule has 12 heteroatoms. The Hall–Kier alpha value is -3.09. The summed E-state index contributed by atoms with van der Waals surface area (Å²) in [5.41, 5.74) is 0.483. The first-order valence-electron chi connectivity index (χ1n) is 10.00. The number of aromatic nitrogens is 2. The molecule has 0 unspecified atom stereocenters. The molecule has 0 atom stereocenters. The second kappa shape index (κ2) is 9.41. The van der Waals surface area contributed by atoms with Gasteiger partial charge in [0.05, 0.1) is 36.9 Å². The van der Waals surface area contributed by atoms with Crippen LogP contribution in [0.3, 0.4) is 0 Å². The number of alkyl halides is 2. The highest BCUT2D eigenvalue weighted by molar-refractivity contribution is 7.89. The fourth-order valence-corrected chi connectivity index (χ4v) is 5.15. The number of benzene rings is 2. The average Bonchev–Trinajstić information content (AvgIpc) is 3.21. The van der Waals surface area contributed by atoms with Gasteiger partial charge in [-0.25, -0.2) is 18.2 Å². The number of hydrogen-bond acceptors (Lipinski definition) is 7. The van der Waals surface area contributed by atoms with Crippen LogP contribution in [-0.2, 0) is 26.1 Å². The number of carbonyl (C=O) groups is 1. The topological polar surface area (TPSA) is 100.0 Å². The minimum atomic E-state index is -3.96. The zero-order valence-electron chi connectivity index (χ0n) is 17.6. The number of morpholine rings is 1. The lowest BCUT2D eigenvalue weighted by molar-refractivity contribution is 0.0387. The van der Waals surface area contributed by atoms with Gasteiger partial charge in [-0.3, -0.25) is 4.57 Å². The van der Waals surface area contributed by atoms with Crippen molar-refractivity contribution in [2.45, 2.75) is 18.1 Å². The number of ether oxygens (including phenoxy) is 3. The minimum absolute atomic E-state index is 0.0672. The van der Waals surface area contributed by atoms with Gasteiger partial charge in [-0.05, 0) is 30.3 Å². The first-order valence-corrected chi connectivity index (χ1v) is 11.4. The van der Waals surface area contributed by atoms with Gasteiger partial charge in [0.2, 0.25) is 10.0 Å². The number of hydrogen-bond donors (Lipinski definition) is 0. The Labute approximate surface area is 188 Å². The third-order valence-electron chi connectivity index (χ3n) is 5.18. The van der Waals surface area contributed by atoms with Gasteiger partial charge in [0.25, 0.3) is 0 Å². The van der Waals surface area contributed by atoms with Crippen molar-refractivity contribution in [3.8, 4) is 5.75 Å². The number of carbonyl (C=O) groups excluding carboxylic acids is 1. The predicted molar refractivity (Wildman–Crippen MR) is 113 cm³/mol. The molecular weight excluding hydrogens is 460 g/mol. The molecule has 1 aliphatic heterocycles. The molecule has 1 saturated heterocycles. The predicted octanol–water partition coefficient (Wildman–Crippen LogP) is 2.82. The van der Waals surface area contributed by atoms with Gasteiger partial charge in [0.15, 0.2) is 5.82 Å². The van der Waals surface area contributed by atoms with Gasteiger partial charge < -0.3 is 14.2 Å². The largest absolute Gasteiger partial charge is 0.495 e. The van der Waals surface area contributed by atoms with E-state index in [1.807, 2.05) is 0 Å². The van der Waals surface area contributed by atoms with Crippen molar-refractivity contribution in [3.63, 3.8) is 0 Å². The maximum Gasteiger partial charge on any atom is 0.338 e. The van der Waals surface area contributed by atoms with Crippen LogP contribution in [0.5, 0.6) is 5.75 Å². The normalized spacial score (nSPS) is 15.2. The Balaban J connectivity index is 1.59. The monoisotopic (exact) mass is 481 g/mol. The van der Waals surface area contributed by atoms with Gasteiger partial charge in [0, 0.05) is 13.1 Å². The van der Waals surface area contributed by atoms with Crippen LogP contribution in [0.2, 0.25) is 0 Å². The van der Waals surface area contributed by atoms with E-state index in [0.717, 1.165) is 6.07 Å². The SMILES string of the molecule is COc1ccc(C(=O)OCc2nc3ccccc3n2C(F)F)cc1S(=O)(=O)N1CCOCC1. The van der Waals surface area contributed by atoms with Crippen molar-refractivity contribution in [1.82, 2.24) is 13.9 Å². The van der Waals surface area contributed by atoms with Gasteiger partial charge in [0.1, 0.15) is 17.3 Å². The van der Waals surface area contributed by atoms with Crippen LogP contribution < -0.4 is 4.74 Å². The summed E-state index contributed by atoms with van der Waals surface area (Å²) in [6.07, 6.45) is 0. The number of nitrogens with zero attached hydrogens (tertiary/aromatic N) is 3. The lowest BCUT2D eigenvalue weighted by Crippen LogP contribution is -2.40. The number of methoxy groups -OCH3 is 1. The third-order valence-corrected chi connectivity index (χ3v) is 7.10. The molecular formula is C21H21F2N3O6S. The molecule has 0 aliphatic carbocycles. The van der Waals surface area contributed by atoms with Gasteiger partial charge in [-0.1, -0.05) is 12.1 Å². The lowest BCUT2D eigenvalue weighted by Gasteiger charge is -2.26. The highest BCUT2D eigenvalue weighted by Crippen LogP contribution is 2.29. The summed E-state index contributed by atoms with van der Waals surface area (Å²) >= 11 is 0. The molecule has 33 heavy (non-hydrogen) atoms. The van der Waals surface area contributed by atoms with E-state index in [9.17, 15) is 22.0 Å². The van der Waals surface area contributed by atoms with Crippen LogP contribution >= 0.6 is 0 Å². The number of rotatable bonds is 7. The van der Waals surface area contributed by atoms with E-state index in [1.165, 1.54) is 29.6 Å². The lowest BCUT2D eigenvalue weighted by atomic mass is 10.2. The number of sulfonamides is 1. The van der Waals surface area contributed by atoms with Crippen molar-refractivity contribution in [2.24, 2.45) is 0 Å². The summed E-state index contributed by atoms with van der Waals surface area (Å²) in [4.78, 5) is 16.6. The molecule has 0 radical (unpaired) electrons. The summed E-state index contributed by atoms with van der Waals surface area (Å²) < 4.78 is 70.8. The minimum Gasteiger partial charge on any atom is -0.495 e. The van der Waals surface area contributed by atoms with Gasteiger partial charge in [-0.2, -0.15) is 13.1 Å². The second-order valence-electron chi connectivity index (χ2n) is 7.12. The van der Waals surface area contributed by atoms with Crippen molar-refractivity contribution in [3.05, 3.63) is 53.9 Å². The molecule has 0 bridgehead atoms. The zero-order valence-corrected chi connectivity index (χ0v) is 18.4. The maximum atomic E-state index is 13.6. The van der Waals surface area contributed by atoms with E-state index in [4.69, 9.17) is 14.2 Å². The summed E-state index contributed by atoms with van der Waals surface area (Å²) in [5, 5.41) is 0. The van der Waals surface area contributed by atoms with Crippen molar-refractivity contribution in [2.75, 3.05) is 33.4 Å². The van der Waals surface area contributed by atoms with Crippen LogP contribution in [0, 0.1) is 0 Å². The first kappa shape index (κ1) is 23.1. The Bertz CT molecular complexity index is 1270. The van der Waals surface area contributed by atoms with Crippen molar-refractivity contribution in [1.29, 1.82) is 0 Å². The van der Waals surface area contributed by atoms with Crippen LogP contribution in [0.15, 0.2) is 47.4 Å². The molecule has 0 N–H and O–H groups in total. The summed E-state index contributed by atoms with van der Waals surface area (Å²) in [5.74, 6) is -0.948. The number of esters is 1. The molecule has 1 aromatic heterocycles. The Morgan fingerprint density at radius 1 is 1.18 bits per heavy atom. The highest BCUT2D eigenvalue weighted by atomic mass is 32.2. The van der Waals surface area contributed by atoms with E-state index < -0.39 is 29.1 Å². The summed E-state index contributed by atoms with van der Waals surface area (Å²) in [6.45, 7) is -2.54. The molecule has 9 nitrogen and oxygen atoms in total. The second-order valence-corrected chi connectivity index (χ2v) is 9.03. The van der Waals surface area contributed by atoms with E-state index in [1.54, 1.807) is 18.2 Å². The van der Waals surface area contributed by atoms with E-state index in [-0.39, 0.29) is 53.9 Å². The molecule has 2 heterocycles. The fourth-order valence-electron chi connectivity index (χ4n) is 3.56. The average molecular weight is 481 g/mol. The van der Waals surface area contributed by atoms with E-state index >= 15 is 0 Å². The molecule has 2 aromatic carbocycles. The number of halogens is 2. The molecule has 0 amide bonds. The zero-order chi connectivity index (χ0) is 23.6.